The van der Waals surface area contributed by atoms with E-state index in [2.05, 4.69) is 175 Å². The van der Waals surface area contributed by atoms with Crippen LogP contribution in [0.3, 0.4) is 0 Å². The van der Waals surface area contributed by atoms with Crippen molar-refractivity contribution in [2.75, 3.05) is 6.61 Å². The summed E-state index contributed by atoms with van der Waals surface area (Å²) >= 11 is 0. The van der Waals surface area contributed by atoms with E-state index in [4.69, 9.17) is 4.74 Å². The van der Waals surface area contributed by atoms with Crippen molar-refractivity contribution >= 4 is 32.3 Å². The molecular formula is C39H41BN2OSi. The summed E-state index contributed by atoms with van der Waals surface area (Å²) in [5.41, 5.74) is 5.34. The van der Waals surface area contributed by atoms with Crippen molar-refractivity contribution in [1.82, 2.24) is 9.55 Å². The first kappa shape index (κ1) is 30.8. The summed E-state index contributed by atoms with van der Waals surface area (Å²) in [6.45, 7) is 5.68. The van der Waals surface area contributed by atoms with Crippen molar-refractivity contribution in [3.63, 3.8) is 0 Å². The van der Waals surface area contributed by atoms with Crippen molar-refractivity contribution in [3.05, 3.63) is 175 Å². The van der Waals surface area contributed by atoms with Gasteiger partial charge in [0.2, 0.25) is 6.71 Å². The average molecular weight is 593 g/mol. The predicted molar refractivity (Wildman–Crippen MR) is 190 cm³/mol. The quantitative estimate of drug-likeness (QED) is 0.132. The number of imidazole rings is 1. The van der Waals surface area contributed by atoms with Crippen LogP contribution < -0.4 is 20.8 Å². The first-order valence-corrected chi connectivity index (χ1v) is 17.0. The van der Waals surface area contributed by atoms with Gasteiger partial charge >= 0.3 is 0 Å². The molecule has 0 saturated carbocycles. The van der Waals surface area contributed by atoms with Crippen LogP contribution in [0.25, 0.3) is 0 Å². The highest BCUT2D eigenvalue weighted by atomic mass is 28.2. The molecule has 0 radical (unpaired) electrons. The van der Waals surface area contributed by atoms with Gasteiger partial charge in [0, 0.05) is 12.4 Å². The van der Waals surface area contributed by atoms with E-state index in [0.717, 1.165) is 25.2 Å². The predicted octanol–water partition coefficient (Wildman–Crippen LogP) is 6.23. The summed E-state index contributed by atoms with van der Waals surface area (Å²) in [7, 11) is -0.842. The third-order valence-electron chi connectivity index (χ3n) is 8.20. The maximum absolute atomic E-state index is 5.87. The molecule has 5 aromatic carbocycles. The number of benzene rings is 5. The lowest BCUT2D eigenvalue weighted by molar-refractivity contribution is 0.309. The molecule has 0 fully saturated rings. The molecule has 0 unspecified atom stereocenters. The van der Waals surface area contributed by atoms with E-state index in [-0.39, 0.29) is 5.16 Å². The van der Waals surface area contributed by atoms with Gasteiger partial charge in [-0.15, -0.1) is 0 Å². The maximum atomic E-state index is 5.87. The molecule has 0 spiro atoms. The number of ether oxygens (including phenoxy) is 1. The van der Waals surface area contributed by atoms with Gasteiger partial charge in [0.15, 0.2) is 0 Å². The van der Waals surface area contributed by atoms with Gasteiger partial charge in [0.1, 0.15) is 5.75 Å². The number of aromatic nitrogens is 2. The molecule has 0 atom stereocenters. The average Bonchev–Trinajstić information content (AvgIpc) is 3.65. The van der Waals surface area contributed by atoms with E-state index < -0.39 is 9.52 Å². The Balaban J connectivity index is 0.000000229. The van der Waals surface area contributed by atoms with Crippen LogP contribution in [0.5, 0.6) is 5.75 Å². The summed E-state index contributed by atoms with van der Waals surface area (Å²) in [5.74, 6) is 0.953. The molecule has 0 saturated heterocycles. The molecule has 220 valence electrons. The first-order valence-electron chi connectivity index (χ1n) is 15.6. The lowest BCUT2D eigenvalue weighted by atomic mass is 9.43. The molecule has 1 aromatic heterocycles. The fourth-order valence-corrected chi connectivity index (χ4v) is 7.99. The maximum Gasteiger partial charge on any atom is 0.206 e. The van der Waals surface area contributed by atoms with E-state index >= 15 is 0 Å². The minimum Gasteiger partial charge on any atom is -0.494 e. The van der Waals surface area contributed by atoms with Crippen LogP contribution in [-0.4, -0.2) is 32.4 Å². The zero-order chi connectivity index (χ0) is 30.5. The Morgan fingerprint density at radius 3 is 1.64 bits per heavy atom. The summed E-state index contributed by atoms with van der Waals surface area (Å²) in [4.78, 5) is 4.40. The van der Waals surface area contributed by atoms with Crippen LogP contribution in [0.15, 0.2) is 164 Å². The van der Waals surface area contributed by atoms with Crippen LogP contribution in [0.4, 0.5) is 0 Å². The Bertz CT molecular complexity index is 1550. The van der Waals surface area contributed by atoms with Crippen molar-refractivity contribution in [2.24, 2.45) is 0 Å². The SMILES string of the molecule is CB(c1ccccc1)c1ccccc1.CCCCOc1ccc([SiH2]C(c2ccccc2)(c2ccccc2)n2ccnc2)cc1. The lowest BCUT2D eigenvalue weighted by Gasteiger charge is -2.37. The molecule has 44 heavy (non-hydrogen) atoms. The fraction of sp³-hybridized carbons (Fsp3) is 0.154. The van der Waals surface area contributed by atoms with Gasteiger partial charge in [-0.3, -0.25) is 0 Å². The minimum absolute atomic E-state index is 0.246. The summed E-state index contributed by atoms with van der Waals surface area (Å²) in [6.07, 6.45) is 8.15. The lowest BCUT2D eigenvalue weighted by Crippen LogP contribution is -2.46. The van der Waals surface area contributed by atoms with Gasteiger partial charge in [-0.1, -0.05) is 170 Å². The molecule has 0 N–H and O–H groups in total. The molecule has 0 bridgehead atoms. The second-order valence-electron chi connectivity index (χ2n) is 11.1. The van der Waals surface area contributed by atoms with Crippen molar-refractivity contribution in [2.45, 2.75) is 31.8 Å². The number of hydrogen-bond donors (Lipinski definition) is 0. The molecule has 1 heterocycles. The van der Waals surface area contributed by atoms with Gasteiger partial charge in [-0.25, -0.2) is 4.98 Å². The largest absolute Gasteiger partial charge is 0.494 e. The summed E-state index contributed by atoms with van der Waals surface area (Å²) in [6, 6.07) is 51.5. The van der Waals surface area contributed by atoms with Crippen LogP contribution in [0.1, 0.15) is 30.9 Å². The smallest absolute Gasteiger partial charge is 0.206 e. The van der Waals surface area contributed by atoms with Gasteiger partial charge in [-0.05, 0) is 29.7 Å². The normalized spacial score (nSPS) is 11.1. The fourth-order valence-electron chi connectivity index (χ4n) is 5.68. The molecule has 6 aromatic rings. The molecule has 0 aliphatic carbocycles. The number of hydrogen-bond acceptors (Lipinski definition) is 2. The van der Waals surface area contributed by atoms with Gasteiger partial charge in [0.05, 0.1) is 27.6 Å². The summed E-state index contributed by atoms with van der Waals surface area (Å²) in [5, 5.41) is 1.14. The molecular weight excluding hydrogens is 551 g/mol. The van der Waals surface area contributed by atoms with Gasteiger partial charge in [-0.2, -0.15) is 0 Å². The van der Waals surface area contributed by atoms with Crippen molar-refractivity contribution < 1.29 is 4.74 Å². The van der Waals surface area contributed by atoms with Crippen LogP contribution >= 0.6 is 0 Å². The van der Waals surface area contributed by atoms with E-state index in [1.807, 2.05) is 12.5 Å². The minimum atomic E-state index is -0.842. The highest BCUT2D eigenvalue weighted by Gasteiger charge is 2.36. The Morgan fingerprint density at radius 2 is 1.18 bits per heavy atom. The molecule has 6 rings (SSSR count). The Hall–Kier alpha value is -4.61. The van der Waals surface area contributed by atoms with E-state index in [0.29, 0.717) is 6.71 Å². The van der Waals surface area contributed by atoms with Crippen LogP contribution in [0.2, 0.25) is 6.82 Å². The summed E-state index contributed by atoms with van der Waals surface area (Å²) < 4.78 is 8.16. The Morgan fingerprint density at radius 1 is 0.682 bits per heavy atom. The van der Waals surface area contributed by atoms with E-state index in [9.17, 15) is 0 Å². The van der Waals surface area contributed by atoms with Crippen LogP contribution in [0, 0.1) is 0 Å². The zero-order valence-electron chi connectivity index (χ0n) is 25.8. The Labute approximate surface area is 265 Å². The highest BCUT2D eigenvalue weighted by Crippen LogP contribution is 2.33. The van der Waals surface area contributed by atoms with Crippen molar-refractivity contribution in [3.8, 4) is 5.75 Å². The number of nitrogens with zero attached hydrogens (tertiary/aromatic N) is 2. The Kier molecular flexibility index (Phi) is 11.0. The standard InChI is InChI=1S/C26H28N2OSi.C13H13B/c1-2-3-20-29-24-14-16-25(17-15-24)30-26(28-19-18-27-21-28,22-10-6-4-7-11-22)23-12-8-5-9-13-23;1-14(12-8-4-2-5-9-12)13-10-6-3-7-11-13/h4-19,21H,2-3,20,30H2,1H3;2-11H,1H3. The highest BCUT2D eigenvalue weighted by molar-refractivity contribution is 6.84. The molecule has 5 heteroatoms. The molecule has 0 aliphatic rings. The number of rotatable bonds is 11. The first-order chi connectivity index (χ1) is 21.7. The number of unbranched alkanes of at least 4 members (excludes halogenated alkanes) is 1. The van der Waals surface area contributed by atoms with Gasteiger partial charge in [0.25, 0.3) is 0 Å². The monoisotopic (exact) mass is 592 g/mol. The van der Waals surface area contributed by atoms with Crippen LogP contribution in [-0.2, 0) is 5.16 Å². The van der Waals surface area contributed by atoms with E-state index in [1.165, 1.54) is 27.2 Å². The molecule has 3 nitrogen and oxygen atoms in total. The topological polar surface area (TPSA) is 27.1 Å². The van der Waals surface area contributed by atoms with Gasteiger partial charge < -0.3 is 9.30 Å². The molecule has 0 aliphatic heterocycles. The third kappa shape index (κ3) is 7.66. The van der Waals surface area contributed by atoms with Crippen molar-refractivity contribution in [1.29, 1.82) is 0 Å². The zero-order valence-corrected chi connectivity index (χ0v) is 27.2. The third-order valence-corrected chi connectivity index (χ3v) is 10.8. The second kappa shape index (κ2) is 15.7. The second-order valence-corrected chi connectivity index (χ2v) is 13.3. The molecule has 0 amide bonds. The van der Waals surface area contributed by atoms with E-state index in [1.54, 1.807) is 0 Å².